The van der Waals surface area contributed by atoms with Gasteiger partial charge in [0.25, 0.3) is 0 Å². The lowest BCUT2D eigenvalue weighted by molar-refractivity contribution is 0.122. The SMILES string of the molecule is CN(c1nccc(N2CCOCC2)n1)C1CCCN(Cc2ccccc2Cl)C1. The maximum absolute atomic E-state index is 6.36. The number of morpholine rings is 1. The Hall–Kier alpha value is -1.89. The van der Waals surface area contributed by atoms with Gasteiger partial charge in [-0.2, -0.15) is 4.98 Å². The molecule has 28 heavy (non-hydrogen) atoms. The smallest absolute Gasteiger partial charge is 0.227 e. The third kappa shape index (κ3) is 4.57. The molecular weight excluding hydrogens is 374 g/mol. The van der Waals surface area contributed by atoms with Gasteiger partial charge in [-0.25, -0.2) is 4.98 Å². The van der Waals surface area contributed by atoms with Crippen molar-refractivity contribution in [3.05, 3.63) is 47.1 Å². The van der Waals surface area contributed by atoms with E-state index in [1.807, 2.05) is 24.4 Å². The van der Waals surface area contributed by atoms with E-state index in [-0.39, 0.29) is 0 Å². The molecule has 0 spiro atoms. The van der Waals surface area contributed by atoms with E-state index in [0.29, 0.717) is 6.04 Å². The summed E-state index contributed by atoms with van der Waals surface area (Å²) < 4.78 is 5.45. The van der Waals surface area contributed by atoms with E-state index in [2.05, 4.69) is 38.9 Å². The summed E-state index contributed by atoms with van der Waals surface area (Å²) in [6, 6.07) is 10.5. The average Bonchev–Trinajstić information content (AvgIpc) is 2.76. The van der Waals surface area contributed by atoms with Gasteiger partial charge < -0.3 is 14.5 Å². The second-order valence-electron chi connectivity index (χ2n) is 7.55. The number of benzene rings is 1. The molecule has 0 amide bonds. The molecule has 0 radical (unpaired) electrons. The number of nitrogens with zero attached hydrogens (tertiary/aromatic N) is 5. The first kappa shape index (κ1) is 19.4. The molecule has 0 N–H and O–H groups in total. The van der Waals surface area contributed by atoms with Crippen LogP contribution in [-0.4, -0.2) is 67.4 Å². The molecule has 3 heterocycles. The van der Waals surface area contributed by atoms with Gasteiger partial charge in [-0.3, -0.25) is 4.90 Å². The van der Waals surface area contributed by atoms with Crippen molar-refractivity contribution in [2.45, 2.75) is 25.4 Å². The molecule has 4 rings (SSSR count). The van der Waals surface area contributed by atoms with Gasteiger partial charge in [-0.15, -0.1) is 0 Å². The van der Waals surface area contributed by atoms with Crippen LogP contribution in [0.5, 0.6) is 0 Å². The monoisotopic (exact) mass is 401 g/mol. The molecule has 6 nitrogen and oxygen atoms in total. The average molecular weight is 402 g/mol. The first-order valence-corrected chi connectivity index (χ1v) is 10.4. The first-order chi connectivity index (χ1) is 13.7. The Kier molecular flexibility index (Phi) is 6.29. The zero-order chi connectivity index (χ0) is 19.3. The number of piperidine rings is 1. The van der Waals surface area contributed by atoms with Crippen molar-refractivity contribution >= 4 is 23.4 Å². The van der Waals surface area contributed by atoms with Crippen LogP contribution < -0.4 is 9.80 Å². The largest absolute Gasteiger partial charge is 0.378 e. The third-order valence-electron chi connectivity index (χ3n) is 5.66. The molecule has 0 aliphatic carbocycles. The fourth-order valence-corrected chi connectivity index (χ4v) is 4.19. The highest BCUT2D eigenvalue weighted by Gasteiger charge is 2.25. The Balaban J connectivity index is 1.42. The summed E-state index contributed by atoms with van der Waals surface area (Å²) in [5, 5.41) is 0.847. The molecular formula is C21H28ClN5O. The summed E-state index contributed by atoms with van der Waals surface area (Å²) in [4.78, 5) is 16.4. The maximum atomic E-state index is 6.36. The number of rotatable bonds is 5. The summed E-state index contributed by atoms with van der Waals surface area (Å²) >= 11 is 6.36. The molecule has 1 aromatic heterocycles. The van der Waals surface area contributed by atoms with Crippen LogP contribution in [-0.2, 0) is 11.3 Å². The second kappa shape index (κ2) is 9.07. The van der Waals surface area contributed by atoms with Gasteiger partial charge in [-0.05, 0) is 37.1 Å². The number of hydrogen-bond donors (Lipinski definition) is 0. The van der Waals surface area contributed by atoms with E-state index >= 15 is 0 Å². The summed E-state index contributed by atoms with van der Waals surface area (Å²) in [6.45, 7) is 6.27. The number of anilines is 2. The van der Waals surface area contributed by atoms with Gasteiger partial charge in [0.05, 0.1) is 13.2 Å². The fourth-order valence-electron chi connectivity index (χ4n) is 4.00. The van der Waals surface area contributed by atoms with Gasteiger partial charge in [0.2, 0.25) is 5.95 Å². The molecule has 2 fully saturated rings. The summed E-state index contributed by atoms with van der Waals surface area (Å²) in [6.07, 6.45) is 4.19. The van der Waals surface area contributed by atoms with Crippen molar-refractivity contribution in [3.63, 3.8) is 0 Å². The molecule has 2 aliphatic rings. The molecule has 0 bridgehead atoms. The number of ether oxygens (including phenoxy) is 1. The topological polar surface area (TPSA) is 44.7 Å². The van der Waals surface area contributed by atoms with Crippen molar-refractivity contribution in [1.82, 2.24) is 14.9 Å². The highest BCUT2D eigenvalue weighted by atomic mass is 35.5. The van der Waals surface area contributed by atoms with E-state index in [9.17, 15) is 0 Å². The van der Waals surface area contributed by atoms with Crippen LogP contribution in [0.25, 0.3) is 0 Å². The number of aromatic nitrogens is 2. The highest BCUT2D eigenvalue weighted by molar-refractivity contribution is 6.31. The summed E-state index contributed by atoms with van der Waals surface area (Å²) in [5.41, 5.74) is 1.19. The van der Waals surface area contributed by atoms with E-state index in [0.717, 1.165) is 69.1 Å². The molecule has 0 saturated carbocycles. The minimum absolute atomic E-state index is 0.399. The Morgan fingerprint density at radius 1 is 1.18 bits per heavy atom. The molecule has 1 unspecified atom stereocenters. The van der Waals surface area contributed by atoms with E-state index in [4.69, 9.17) is 21.3 Å². The zero-order valence-electron chi connectivity index (χ0n) is 16.4. The minimum atomic E-state index is 0.399. The Morgan fingerprint density at radius 3 is 2.82 bits per heavy atom. The standard InChI is InChI=1S/C21H28ClN5O/c1-25(21-23-9-8-20(24-21)27-11-13-28-14-12-27)18-6-4-10-26(16-18)15-17-5-2-3-7-19(17)22/h2-3,5,7-9,18H,4,6,10-16H2,1H3. The van der Waals surface area contributed by atoms with Crippen LogP contribution in [0.15, 0.2) is 36.5 Å². The highest BCUT2D eigenvalue weighted by Crippen LogP contribution is 2.24. The number of halogens is 1. The lowest BCUT2D eigenvalue weighted by Gasteiger charge is -2.38. The minimum Gasteiger partial charge on any atom is -0.378 e. The van der Waals surface area contributed by atoms with Gasteiger partial charge >= 0.3 is 0 Å². The van der Waals surface area contributed by atoms with Crippen molar-refractivity contribution in [3.8, 4) is 0 Å². The van der Waals surface area contributed by atoms with Gasteiger partial charge in [0.1, 0.15) is 5.82 Å². The molecule has 2 aliphatic heterocycles. The summed E-state index contributed by atoms with van der Waals surface area (Å²) in [7, 11) is 2.11. The van der Waals surface area contributed by atoms with E-state index in [1.54, 1.807) is 0 Å². The molecule has 150 valence electrons. The van der Waals surface area contributed by atoms with E-state index in [1.165, 1.54) is 12.0 Å². The van der Waals surface area contributed by atoms with Crippen LogP contribution >= 0.6 is 11.6 Å². The van der Waals surface area contributed by atoms with Crippen LogP contribution in [0.3, 0.4) is 0 Å². The predicted octanol–water partition coefficient (Wildman–Crippen LogP) is 3.07. The number of likely N-dealkylation sites (tertiary alicyclic amines) is 1. The normalized spacial score (nSPS) is 20.9. The Labute approximate surface area is 172 Å². The van der Waals surface area contributed by atoms with Gasteiger partial charge in [0, 0.05) is 50.5 Å². The molecule has 1 aromatic carbocycles. The second-order valence-corrected chi connectivity index (χ2v) is 7.95. The molecule has 2 saturated heterocycles. The molecule has 2 aromatic rings. The van der Waals surface area contributed by atoms with Gasteiger partial charge in [0.15, 0.2) is 0 Å². The lowest BCUT2D eigenvalue weighted by Crippen LogP contribution is -2.47. The summed E-state index contributed by atoms with van der Waals surface area (Å²) in [5.74, 6) is 1.79. The van der Waals surface area contributed by atoms with Crippen molar-refractivity contribution in [2.24, 2.45) is 0 Å². The maximum Gasteiger partial charge on any atom is 0.227 e. The van der Waals surface area contributed by atoms with Crippen LogP contribution in [0.2, 0.25) is 5.02 Å². The van der Waals surface area contributed by atoms with Gasteiger partial charge in [-0.1, -0.05) is 29.8 Å². The first-order valence-electron chi connectivity index (χ1n) is 10.0. The number of hydrogen-bond acceptors (Lipinski definition) is 6. The van der Waals surface area contributed by atoms with Crippen molar-refractivity contribution in [1.29, 1.82) is 0 Å². The van der Waals surface area contributed by atoms with Crippen molar-refractivity contribution < 1.29 is 4.74 Å². The molecule has 1 atom stereocenters. The van der Waals surface area contributed by atoms with Crippen LogP contribution in [0.1, 0.15) is 18.4 Å². The predicted molar refractivity (Wildman–Crippen MR) is 113 cm³/mol. The quantitative estimate of drug-likeness (QED) is 0.767. The lowest BCUT2D eigenvalue weighted by atomic mass is 10.0. The Bertz CT molecular complexity index is 783. The zero-order valence-corrected chi connectivity index (χ0v) is 17.2. The van der Waals surface area contributed by atoms with E-state index < -0.39 is 0 Å². The Morgan fingerprint density at radius 2 is 2.00 bits per heavy atom. The van der Waals surface area contributed by atoms with Crippen LogP contribution in [0.4, 0.5) is 11.8 Å². The fraction of sp³-hybridized carbons (Fsp3) is 0.524. The third-order valence-corrected chi connectivity index (χ3v) is 6.03. The van der Waals surface area contributed by atoms with Crippen molar-refractivity contribution in [2.75, 3.05) is 56.2 Å². The van der Waals surface area contributed by atoms with Crippen LogP contribution in [0, 0.1) is 0 Å². The molecule has 7 heteroatoms. The number of likely N-dealkylation sites (N-methyl/N-ethyl adjacent to an activating group) is 1.